The number of hydrogen-bond acceptors (Lipinski definition) is 3. The molecule has 0 radical (unpaired) electrons. The predicted octanol–water partition coefficient (Wildman–Crippen LogP) is 1.75. The molecule has 0 saturated heterocycles. The summed E-state index contributed by atoms with van der Waals surface area (Å²) < 4.78 is 4.98. The topological polar surface area (TPSA) is 21.3 Å². The Bertz CT molecular complexity index is 128. The fraction of sp³-hybridized carbons (Fsp3) is 1.00. The van der Waals surface area contributed by atoms with Gasteiger partial charge in [0.1, 0.15) is 0 Å². The van der Waals surface area contributed by atoms with E-state index in [2.05, 4.69) is 12.2 Å². The van der Waals surface area contributed by atoms with Crippen LogP contribution in [0.2, 0.25) is 0 Å². The monoisotopic (exact) mass is 203 g/mol. The van der Waals surface area contributed by atoms with Crippen LogP contribution in [0.25, 0.3) is 0 Å². The van der Waals surface area contributed by atoms with Crippen molar-refractivity contribution in [3.8, 4) is 0 Å². The lowest BCUT2D eigenvalue weighted by atomic mass is 10.2. The minimum absolute atomic E-state index is 0.739. The lowest BCUT2D eigenvalue weighted by Crippen LogP contribution is -2.29. The molecule has 0 bridgehead atoms. The van der Waals surface area contributed by atoms with E-state index in [1.54, 1.807) is 7.11 Å². The molecule has 0 heterocycles. The van der Waals surface area contributed by atoms with Crippen molar-refractivity contribution in [2.24, 2.45) is 5.92 Å². The molecule has 78 valence electrons. The molecule has 0 aromatic carbocycles. The minimum Gasteiger partial charge on any atom is -0.384 e. The van der Waals surface area contributed by atoms with E-state index >= 15 is 0 Å². The summed E-state index contributed by atoms with van der Waals surface area (Å²) in [5.41, 5.74) is 0. The van der Waals surface area contributed by atoms with E-state index in [1.165, 1.54) is 18.6 Å². The first-order valence-electron chi connectivity index (χ1n) is 5.14. The summed E-state index contributed by atoms with van der Waals surface area (Å²) in [7, 11) is 1.76. The number of rotatable bonds is 8. The maximum Gasteiger partial charge on any atom is 0.0552 e. The third kappa shape index (κ3) is 5.55. The summed E-state index contributed by atoms with van der Waals surface area (Å²) >= 11 is 1.96. The summed E-state index contributed by atoms with van der Waals surface area (Å²) in [5.74, 6) is 3.31. The quantitative estimate of drug-likeness (QED) is 0.607. The van der Waals surface area contributed by atoms with E-state index in [4.69, 9.17) is 4.74 Å². The Morgan fingerprint density at radius 2 is 2.23 bits per heavy atom. The van der Waals surface area contributed by atoms with Gasteiger partial charge in [0.05, 0.1) is 6.61 Å². The number of thioether (sulfide) groups is 1. The van der Waals surface area contributed by atoms with Crippen LogP contribution in [-0.2, 0) is 4.74 Å². The molecule has 1 unspecified atom stereocenters. The van der Waals surface area contributed by atoms with Crippen molar-refractivity contribution in [1.82, 2.24) is 5.32 Å². The molecule has 1 saturated carbocycles. The number of hydrogen-bond donors (Lipinski definition) is 1. The average molecular weight is 203 g/mol. The molecule has 1 aliphatic carbocycles. The lowest BCUT2D eigenvalue weighted by Gasteiger charge is -2.11. The van der Waals surface area contributed by atoms with Gasteiger partial charge < -0.3 is 10.1 Å². The van der Waals surface area contributed by atoms with Gasteiger partial charge in [-0.2, -0.15) is 11.8 Å². The van der Waals surface area contributed by atoms with Crippen molar-refractivity contribution in [1.29, 1.82) is 0 Å². The molecule has 0 aromatic heterocycles. The molecule has 0 aliphatic heterocycles. The highest BCUT2D eigenvalue weighted by Crippen LogP contribution is 2.32. The van der Waals surface area contributed by atoms with Crippen LogP contribution >= 0.6 is 11.8 Å². The van der Waals surface area contributed by atoms with Crippen LogP contribution in [0.3, 0.4) is 0 Å². The second-order valence-electron chi connectivity index (χ2n) is 3.69. The van der Waals surface area contributed by atoms with Crippen molar-refractivity contribution < 1.29 is 4.74 Å². The Morgan fingerprint density at radius 1 is 1.46 bits per heavy atom. The van der Waals surface area contributed by atoms with Gasteiger partial charge in [0.2, 0.25) is 0 Å². The Kier molecular flexibility index (Phi) is 5.83. The van der Waals surface area contributed by atoms with Crippen molar-refractivity contribution in [2.45, 2.75) is 25.8 Å². The number of ether oxygens (including phenoxy) is 1. The second-order valence-corrected chi connectivity index (χ2v) is 4.91. The van der Waals surface area contributed by atoms with Crippen LogP contribution in [0.4, 0.5) is 0 Å². The molecular weight excluding hydrogens is 182 g/mol. The van der Waals surface area contributed by atoms with Crippen LogP contribution in [-0.4, -0.2) is 37.8 Å². The van der Waals surface area contributed by atoms with Crippen LogP contribution in [0.5, 0.6) is 0 Å². The summed E-state index contributed by atoms with van der Waals surface area (Å²) in [6.07, 6.45) is 2.87. The lowest BCUT2D eigenvalue weighted by molar-refractivity contribution is 0.218. The molecular formula is C10H21NOS. The van der Waals surface area contributed by atoms with Crippen molar-refractivity contribution in [2.75, 3.05) is 31.8 Å². The van der Waals surface area contributed by atoms with E-state index < -0.39 is 0 Å². The number of nitrogens with one attached hydrogen (secondary N) is 1. The van der Waals surface area contributed by atoms with Crippen LogP contribution in [0.15, 0.2) is 0 Å². The first kappa shape index (κ1) is 11.3. The van der Waals surface area contributed by atoms with Gasteiger partial charge in [-0.05, 0) is 25.7 Å². The molecule has 1 atom stereocenters. The third-order valence-electron chi connectivity index (χ3n) is 2.47. The Morgan fingerprint density at radius 3 is 2.85 bits per heavy atom. The minimum atomic E-state index is 0.739. The molecule has 1 aliphatic rings. The zero-order valence-corrected chi connectivity index (χ0v) is 9.53. The Balaban J connectivity index is 1.77. The molecule has 1 N–H and O–H groups in total. The van der Waals surface area contributed by atoms with Gasteiger partial charge in [0.25, 0.3) is 0 Å². The molecule has 3 heteroatoms. The van der Waals surface area contributed by atoms with Crippen LogP contribution < -0.4 is 5.32 Å². The molecule has 2 nitrogen and oxygen atoms in total. The van der Waals surface area contributed by atoms with Crippen LogP contribution in [0.1, 0.15) is 19.8 Å². The highest BCUT2D eigenvalue weighted by molar-refractivity contribution is 7.99. The third-order valence-corrected chi connectivity index (χ3v) is 3.42. The normalized spacial score (nSPS) is 18.9. The summed E-state index contributed by atoms with van der Waals surface area (Å²) in [6, 6.07) is 0.739. The van der Waals surface area contributed by atoms with E-state index in [0.717, 1.165) is 30.9 Å². The molecule has 0 spiro atoms. The second kappa shape index (κ2) is 6.68. The Labute approximate surface area is 85.8 Å². The summed E-state index contributed by atoms with van der Waals surface area (Å²) in [4.78, 5) is 0. The van der Waals surface area contributed by atoms with E-state index in [9.17, 15) is 0 Å². The summed E-state index contributed by atoms with van der Waals surface area (Å²) in [6.45, 7) is 4.33. The molecule has 1 rings (SSSR count). The van der Waals surface area contributed by atoms with Gasteiger partial charge in [-0.15, -0.1) is 0 Å². The zero-order chi connectivity index (χ0) is 9.52. The smallest absolute Gasteiger partial charge is 0.0552 e. The summed E-state index contributed by atoms with van der Waals surface area (Å²) in [5, 5.41) is 3.56. The molecule has 0 aromatic rings. The van der Waals surface area contributed by atoms with Crippen LogP contribution in [0, 0.1) is 5.92 Å². The van der Waals surface area contributed by atoms with Gasteiger partial charge in [0, 0.05) is 31.2 Å². The largest absolute Gasteiger partial charge is 0.384 e. The maximum atomic E-state index is 4.98. The maximum absolute atomic E-state index is 4.98. The standard InChI is InChI=1S/C10H21NOS/c1-9(10-3-4-10)11-5-7-13-8-6-12-2/h9-11H,3-8H2,1-2H3. The van der Waals surface area contributed by atoms with Gasteiger partial charge in [-0.25, -0.2) is 0 Å². The SMILES string of the molecule is COCCSCCNC(C)C1CC1. The molecule has 1 fully saturated rings. The van der Waals surface area contributed by atoms with Gasteiger partial charge in [0.15, 0.2) is 0 Å². The first-order valence-corrected chi connectivity index (χ1v) is 6.30. The van der Waals surface area contributed by atoms with Gasteiger partial charge in [-0.3, -0.25) is 0 Å². The van der Waals surface area contributed by atoms with E-state index in [-0.39, 0.29) is 0 Å². The average Bonchev–Trinajstić information content (AvgIpc) is 2.93. The molecule has 0 amide bonds. The van der Waals surface area contributed by atoms with Gasteiger partial charge >= 0.3 is 0 Å². The Hall–Kier alpha value is 0.270. The predicted molar refractivity (Wildman–Crippen MR) is 59.4 cm³/mol. The molecule has 13 heavy (non-hydrogen) atoms. The van der Waals surface area contributed by atoms with E-state index in [1.807, 2.05) is 11.8 Å². The zero-order valence-electron chi connectivity index (χ0n) is 8.71. The number of methoxy groups -OCH3 is 1. The first-order chi connectivity index (χ1) is 6.34. The van der Waals surface area contributed by atoms with E-state index in [0.29, 0.717) is 0 Å². The van der Waals surface area contributed by atoms with Crippen molar-refractivity contribution in [3.05, 3.63) is 0 Å². The fourth-order valence-corrected chi connectivity index (χ4v) is 2.12. The fourth-order valence-electron chi connectivity index (χ4n) is 1.37. The highest BCUT2D eigenvalue weighted by atomic mass is 32.2. The van der Waals surface area contributed by atoms with Crippen molar-refractivity contribution in [3.63, 3.8) is 0 Å². The van der Waals surface area contributed by atoms with Gasteiger partial charge in [-0.1, -0.05) is 0 Å². The van der Waals surface area contributed by atoms with Crippen molar-refractivity contribution >= 4 is 11.8 Å². The highest BCUT2D eigenvalue weighted by Gasteiger charge is 2.26.